The molecule has 0 bridgehead atoms. The molecule has 0 aliphatic carbocycles. The van der Waals surface area contributed by atoms with Gasteiger partial charge in [-0.05, 0) is 24.6 Å². The highest BCUT2D eigenvalue weighted by atomic mass is 79.9. The van der Waals surface area contributed by atoms with Gasteiger partial charge >= 0.3 is 0 Å². The van der Waals surface area contributed by atoms with Gasteiger partial charge < -0.3 is 0 Å². The van der Waals surface area contributed by atoms with E-state index in [-0.39, 0.29) is 4.90 Å². The summed E-state index contributed by atoms with van der Waals surface area (Å²) >= 11 is 9.04. The second-order valence-electron chi connectivity index (χ2n) is 3.33. The van der Waals surface area contributed by atoms with Crippen molar-refractivity contribution >= 4 is 37.6 Å². The van der Waals surface area contributed by atoms with Crippen molar-refractivity contribution in [2.24, 2.45) is 0 Å². The highest BCUT2D eigenvalue weighted by molar-refractivity contribution is 9.09. The van der Waals surface area contributed by atoms with E-state index >= 15 is 0 Å². The molecule has 1 rings (SSSR count). The molecule has 0 aliphatic heterocycles. The van der Waals surface area contributed by atoms with E-state index in [0.717, 1.165) is 11.8 Å². The molecule has 0 unspecified atom stereocenters. The molecule has 0 aliphatic rings. The number of alkyl halides is 1. The van der Waals surface area contributed by atoms with Gasteiger partial charge in [0.05, 0.1) is 4.90 Å². The minimum atomic E-state index is -3.41. The summed E-state index contributed by atoms with van der Waals surface area (Å²) in [5.74, 6) is 0. The molecule has 90 valence electrons. The SMILES string of the molecule is CN(CCCBr)S(=O)(=O)c1cccc(Cl)c1. The first-order valence-electron chi connectivity index (χ1n) is 4.76. The normalized spacial score (nSPS) is 12.0. The number of sulfonamides is 1. The molecule has 16 heavy (non-hydrogen) atoms. The van der Waals surface area contributed by atoms with Gasteiger partial charge in [0, 0.05) is 23.9 Å². The van der Waals surface area contributed by atoms with Crippen LogP contribution in [0.1, 0.15) is 6.42 Å². The monoisotopic (exact) mass is 325 g/mol. The molecule has 0 saturated heterocycles. The highest BCUT2D eigenvalue weighted by Crippen LogP contribution is 2.18. The predicted molar refractivity (Wildman–Crippen MR) is 69.7 cm³/mol. The van der Waals surface area contributed by atoms with Crippen LogP contribution < -0.4 is 0 Å². The van der Waals surface area contributed by atoms with Crippen molar-refractivity contribution in [1.82, 2.24) is 4.31 Å². The Kier molecular flexibility index (Phi) is 5.24. The van der Waals surface area contributed by atoms with Crippen LogP contribution in [-0.4, -0.2) is 31.6 Å². The van der Waals surface area contributed by atoms with Gasteiger partial charge in [-0.15, -0.1) is 0 Å². The summed E-state index contributed by atoms with van der Waals surface area (Å²) in [4.78, 5) is 0.233. The lowest BCUT2D eigenvalue weighted by atomic mass is 10.4. The Morgan fingerprint density at radius 2 is 2.12 bits per heavy atom. The number of benzene rings is 1. The quantitative estimate of drug-likeness (QED) is 0.780. The first-order valence-corrected chi connectivity index (χ1v) is 7.70. The van der Waals surface area contributed by atoms with E-state index in [0.29, 0.717) is 11.6 Å². The maximum absolute atomic E-state index is 12.0. The lowest BCUT2D eigenvalue weighted by Gasteiger charge is -2.16. The summed E-state index contributed by atoms with van der Waals surface area (Å²) in [6, 6.07) is 6.29. The van der Waals surface area contributed by atoms with Gasteiger partial charge in [0.25, 0.3) is 0 Å². The Labute approximate surface area is 110 Å². The molecule has 0 amide bonds. The Balaban J connectivity index is 2.93. The van der Waals surface area contributed by atoms with E-state index in [4.69, 9.17) is 11.6 Å². The van der Waals surface area contributed by atoms with E-state index in [1.54, 1.807) is 25.2 Å². The molecule has 0 N–H and O–H groups in total. The second-order valence-corrected chi connectivity index (χ2v) is 6.60. The molecule has 0 heterocycles. The highest BCUT2D eigenvalue weighted by Gasteiger charge is 2.19. The second kappa shape index (κ2) is 6.00. The minimum absolute atomic E-state index is 0.233. The van der Waals surface area contributed by atoms with E-state index in [1.165, 1.54) is 10.4 Å². The van der Waals surface area contributed by atoms with Crippen molar-refractivity contribution in [2.45, 2.75) is 11.3 Å². The van der Waals surface area contributed by atoms with E-state index < -0.39 is 10.0 Å². The minimum Gasteiger partial charge on any atom is -0.207 e. The van der Waals surface area contributed by atoms with Crippen LogP contribution in [-0.2, 0) is 10.0 Å². The Morgan fingerprint density at radius 1 is 1.44 bits per heavy atom. The molecular weight excluding hydrogens is 314 g/mol. The molecule has 0 atom stereocenters. The molecule has 0 saturated carbocycles. The van der Waals surface area contributed by atoms with Crippen LogP contribution in [0.3, 0.4) is 0 Å². The number of hydrogen-bond donors (Lipinski definition) is 0. The van der Waals surface area contributed by atoms with Gasteiger partial charge in [0.2, 0.25) is 10.0 Å². The van der Waals surface area contributed by atoms with Crippen molar-refractivity contribution in [3.63, 3.8) is 0 Å². The molecule has 0 aromatic heterocycles. The van der Waals surface area contributed by atoms with E-state index in [2.05, 4.69) is 15.9 Å². The van der Waals surface area contributed by atoms with Gasteiger partial charge in [-0.2, -0.15) is 0 Å². The fourth-order valence-corrected chi connectivity index (χ4v) is 2.97. The third kappa shape index (κ3) is 3.45. The Bertz CT molecular complexity index is 450. The fraction of sp³-hybridized carbons (Fsp3) is 0.400. The Hall–Kier alpha value is -0.100. The van der Waals surface area contributed by atoms with Crippen LogP contribution in [0.15, 0.2) is 29.2 Å². The fourth-order valence-electron chi connectivity index (χ4n) is 1.21. The van der Waals surface area contributed by atoms with Gasteiger partial charge in [-0.3, -0.25) is 0 Å². The van der Waals surface area contributed by atoms with Gasteiger partial charge in [0.15, 0.2) is 0 Å². The van der Waals surface area contributed by atoms with Crippen molar-refractivity contribution in [2.75, 3.05) is 18.9 Å². The molecule has 0 radical (unpaired) electrons. The number of nitrogens with zero attached hydrogens (tertiary/aromatic N) is 1. The summed E-state index contributed by atoms with van der Waals surface area (Å²) in [6.07, 6.45) is 0.774. The average Bonchev–Trinajstić information content (AvgIpc) is 2.25. The zero-order valence-electron chi connectivity index (χ0n) is 8.86. The average molecular weight is 327 g/mol. The first-order chi connectivity index (χ1) is 7.48. The van der Waals surface area contributed by atoms with Crippen molar-refractivity contribution in [1.29, 1.82) is 0 Å². The summed E-state index contributed by atoms with van der Waals surface area (Å²) in [6.45, 7) is 0.486. The van der Waals surface area contributed by atoms with Crippen LogP contribution in [0.25, 0.3) is 0 Å². The smallest absolute Gasteiger partial charge is 0.207 e. The first kappa shape index (κ1) is 14.0. The predicted octanol–water partition coefficient (Wildman–Crippen LogP) is 2.75. The third-order valence-electron chi connectivity index (χ3n) is 2.11. The van der Waals surface area contributed by atoms with Gasteiger partial charge in [-0.25, -0.2) is 12.7 Å². The van der Waals surface area contributed by atoms with Crippen LogP contribution in [0.2, 0.25) is 5.02 Å². The summed E-state index contributed by atoms with van der Waals surface area (Å²) in [5.41, 5.74) is 0. The zero-order chi connectivity index (χ0) is 12.2. The molecule has 3 nitrogen and oxygen atoms in total. The van der Waals surface area contributed by atoms with Crippen LogP contribution in [0.5, 0.6) is 0 Å². The number of halogens is 2. The largest absolute Gasteiger partial charge is 0.242 e. The van der Waals surface area contributed by atoms with Crippen molar-refractivity contribution in [3.8, 4) is 0 Å². The lowest BCUT2D eigenvalue weighted by molar-refractivity contribution is 0.470. The molecule has 1 aromatic carbocycles. The van der Waals surface area contributed by atoms with Crippen molar-refractivity contribution in [3.05, 3.63) is 29.3 Å². The standard InChI is InChI=1S/C10H13BrClNO2S/c1-13(7-3-6-11)16(14,15)10-5-2-4-9(12)8-10/h2,4-5,8H,3,6-7H2,1H3. The molecule has 6 heteroatoms. The van der Waals surface area contributed by atoms with Crippen LogP contribution in [0.4, 0.5) is 0 Å². The molecule has 0 fully saturated rings. The molecule has 1 aromatic rings. The summed E-state index contributed by atoms with van der Waals surface area (Å²) in [5, 5.41) is 1.21. The van der Waals surface area contributed by atoms with Crippen molar-refractivity contribution < 1.29 is 8.42 Å². The Morgan fingerprint density at radius 3 is 2.69 bits per heavy atom. The van der Waals surface area contributed by atoms with Gasteiger partial charge in [0.1, 0.15) is 0 Å². The maximum atomic E-state index is 12.0. The van der Waals surface area contributed by atoms with Crippen LogP contribution >= 0.6 is 27.5 Å². The zero-order valence-corrected chi connectivity index (χ0v) is 12.0. The van der Waals surface area contributed by atoms with Gasteiger partial charge in [-0.1, -0.05) is 33.6 Å². The van der Waals surface area contributed by atoms with Crippen LogP contribution in [0, 0.1) is 0 Å². The number of hydrogen-bond acceptors (Lipinski definition) is 2. The lowest BCUT2D eigenvalue weighted by Crippen LogP contribution is -2.28. The van der Waals surface area contributed by atoms with E-state index in [9.17, 15) is 8.42 Å². The maximum Gasteiger partial charge on any atom is 0.242 e. The molecular formula is C10H13BrClNO2S. The third-order valence-corrected chi connectivity index (χ3v) is 4.76. The van der Waals surface area contributed by atoms with E-state index in [1.807, 2.05) is 0 Å². The summed E-state index contributed by atoms with van der Waals surface area (Å²) in [7, 11) is -1.84. The number of rotatable bonds is 5. The summed E-state index contributed by atoms with van der Waals surface area (Å²) < 4.78 is 25.4. The molecule has 0 spiro atoms. The topological polar surface area (TPSA) is 37.4 Å².